The van der Waals surface area contributed by atoms with Crippen LogP contribution in [0.4, 0.5) is 5.95 Å². The van der Waals surface area contributed by atoms with E-state index in [2.05, 4.69) is 43.4 Å². The number of hydrogen-bond donors (Lipinski definition) is 1. The molecule has 0 aliphatic carbocycles. The summed E-state index contributed by atoms with van der Waals surface area (Å²) in [5, 5.41) is 12.1. The van der Waals surface area contributed by atoms with Gasteiger partial charge in [-0.05, 0) is 41.9 Å². The lowest BCUT2D eigenvalue weighted by Crippen LogP contribution is -2.03. The minimum atomic E-state index is 0.611. The maximum absolute atomic E-state index is 4.46. The van der Waals surface area contributed by atoms with Gasteiger partial charge in [-0.2, -0.15) is 10.1 Å². The Bertz CT molecular complexity index is 773. The molecule has 20 heavy (non-hydrogen) atoms. The van der Waals surface area contributed by atoms with Gasteiger partial charge in [0.2, 0.25) is 5.95 Å². The first kappa shape index (κ1) is 13.1. The van der Waals surface area contributed by atoms with Crippen molar-refractivity contribution in [1.29, 1.82) is 0 Å². The van der Waals surface area contributed by atoms with Crippen molar-refractivity contribution in [2.75, 3.05) is 5.32 Å². The van der Waals surface area contributed by atoms with E-state index in [-0.39, 0.29) is 0 Å². The Morgan fingerprint density at radius 3 is 2.75 bits per heavy atom. The first-order valence-corrected chi connectivity index (χ1v) is 7.09. The van der Waals surface area contributed by atoms with E-state index in [1.54, 1.807) is 4.52 Å². The van der Waals surface area contributed by atoms with Gasteiger partial charge in [0, 0.05) is 31.0 Å². The van der Waals surface area contributed by atoms with Crippen LogP contribution in [0.2, 0.25) is 0 Å². The Hall–Kier alpha value is -1.89. The third kappa shape index (κ3) is 2.18. The Balaban J connectivity index is 1.85. The van der Waals surface area contributed by atoms with Gasteiger partial charge in [0.25, 0.3) is 0 Å². The number of rotatable bonds is 3. The minimum Gasteiger partial charge on any atom is -0.349 e. The molecule has 6 nitrogen and oxygen atoms in total. The number of pyridine rings is 1. The Kier molecular flexibility index (Phi) is 3.21. The van der Waals surface area contributed by atoms with Crippen molar-refractivity contribution >= 4 is 27.5 Å². The fourth-order valence-electron chi connectivity index (χ4n) is 2.19. The third-order valence-electron chi connectivity index (χ3n) is 3.40. The quantitative estimate of drug-likeness (QED) is 0.799. The fraction of sp³-hybridized carbons (Fsp3) is 0.308. The van der Waals surface area contributed by atoms with Crippen LogP contribution in [0.25, 0.3) is 5.65 Å². The molecule has 0 radical (unpaired) electrons. The second-order valence-corrected chi connectivity index (χ2v) is 5.54. The number of nitrogens with zero attached hydrogens (tertiary/aromatic N) is 5. The topological polar surface area (TPSA) is 60.0 Å². The highest BCUT2D eigenvalue weighted by molar-refractivity contribution is 9.10. The highest BCUT2D eigenvalue weighted by Crippen LogP contribution is 2.18. The number of anilines is 1. The molecule has 0 fully saturated rings. The predicted molar refractivity (Wildman–Crippen MR) is 80.7 cm³/mol. The minimum absolute atomic E-state index is 0.611. The molecule has 1 N–H and O–H groups in total. The largest absolute Gasteiger partial charge is 0.349 e. The van der Waals surface area contributed by atoms with Gasteiger partial charge in [-0.1, -0.05) is 0 Å². The van der Waals surface area contributed by atoms with Crippen molar-refractivity contribution < 1.29 is 0 Å². The SMILES string of the molecule is Cc1nn(C)c(C)c1CNc1nc2c(Br)cccn2n1. The molecule has 7 heteroatoms. The Labute approximate surface area is 124 Å². The van der Waals surface area contributed by atoms with Crippen LogP contribution in [0.15, 0.2) is 22.8 Å². The summed E-state index contributed by atoms with van der Waals surface area (Å²) in [5.74, 6) is 0.611. The third-order valence-corrected chi connectivity index (χ3v) is 4.02. The summed E-state index contributed by atoms with van der Waals surface area (Å²) in [6.07, 6.45) is 1.87. The molecule has 0 spiro atoms. The van der Waals surface area contributed by atoms with E-state index >= 15 is 0 Å². The van der Waals surface area contributed by atoms with Crippen LogP contribution < -0.4 is 5.32 Å². The van der Waals surface area contributed by atoms with Gasteiger partial charge in [-0.25, -0.2) is 4.52 Å². The van der Waals surface area contributed by atoms with Crippen molar-refractivity contribution in [1.82, 2.24) is 24.4 Å². The lowest BCUT2D eigenvalue weighted by Gasteiger charge is -2.02. The molecule has 0 aliphatic heterocycles. The van der Waals surface area contributed by atoms with Crippen molar-refractivity contribution in [3.8, 4) is 0 Å². The first-order valence-electron chi connectivity index (χ1n) is 6.30. The average molecular weight is 335 g/mol. The van der Waals surface area contributed by atoms with Gasteiger partial charge in [-0.3, -0.25) is 4.68 Å². The van der Waals surface area contributed by atoms with E-state index in [9.17, 15) is 0 Å². The number of aryl methyl sites for hydroxylation is 2. The van der Waals surface area contributed by atoms with Crippen LogP contribution in [0.3, 0.4) is 0 Å². The zero-order valence-corrected chi connectivity index (χ0v) is 13.1. The van der Waals surface area contributed by atoms with E-state index in [0.717, 1.165) is 21.5 Å². The summed E-state index contributed by atoms with van der Waals surface area (Å²) in [4.78, 5) is 4.46. The molecule has 3 rings (SSSR count). The standard InChI is InChI=1S/C13H15BrN6/c1-8-10(9(2)19(3)17-8)7-15-13-16-12-11(14)5-4-6-20(12)18-13/h4-6H,7H2,1-3H3,(H,15,18). The number of aromatic nitrogens is 5. The molecule has 0 aromatic carbocycles. The fourth-order valence-corrected chi connectivity index (χ4v) is 2.61. The van der Waals surface area contributed by atoms with Crippen molar-refractivity contribution in [2.45, 2.75) is 20.4 Å². The number of hydrogen-bond acceptors (Lipinski definition) is 4. The lowest BCUT2D eigenvalue weighted by atomic mass is 10.2. The average Bonchev–Trinajstić information content (AvgIpc) is 2.92. The smallest absolute Gasteiger partial charge is 0.243 e. The molecule has 0 bridgehead atoms. The molecule has 3 aromatic heterocycles. The second-order valence-electron chi connectivity index (χ2n) is 4.69. The highest BCUT2D eigenvalue weighted by Gasteiger charge is 2.11. The molecule has 104 valence electrons. The van der Waals surface area contributed by atoms with Gasteiger partial charge in [-0.15, -0.1) is 5.10 Å². The maximum atomic E-state index is 4.46. The van der Waals surface area contributed by atoms with Crippen molar-refractivity contribution in [3.63, 3.8) is 0 Å². The Morgan fingerprint density at radius 1 is 1.30 bits per heavy atom. The van der Waals surface area contributed by atoms with E-state index in [1.807, 2.05) is 37.0 Å². The summed E-state index contributed by atoms with van der Waals surface area (Å²) >= 11 is 3.47. The van der Waals surface area contributed by atoms with E-state index < -0.39 is 0 Å². The van der Waals surface area contributed by atoms with Crippen molar-refractivity contribution in [3.05, 3.63) is 39.8 Å². The lowest BCUT2D eigenvalue weighted by molar-refractivity contribution is 0.730. The van der Waals surface area contributed by atoms with Gasteiger partial charge in [0.1, 0.15) is 0 Å². The zero-order chi connectivity index (χ0) is 14.3. The molecule has 0 amide bonds. The van der Waals surface area contributed by atoms with Gasteiger partial charge < -0.3 is 5.32 Å². The van der Waals surface area contributed by atoms with E-state index in [1.165, 1.54) is 5.56 Å². The number of fused-ring (bicyclic) bond motifs is 1. The summed E-state index contributed by atoms with van der Waals surface area (Å²) in [6, 6.07) is 3.87. The molecule has 0 saturated carbocycles. The normalized spacial score (nSPS) is 11.2. The number of halogens is 1. The van der Waals surface area contributed by atoms with E-state index in [0.29, 0.717) is 12.5 Å². The molecule has 3 heterocycles. The molecule has 3 aromatic rings. The molecule has 0 saturated heterocycles. The monoisotopic (exact) mass is 334 g/mol. The van der Waals surface area contributed by atoms with Crippen LogP contribution in [0, 0.1) is 13.8 Å². The summed E-state index contributed by atoms with van der Waals surface area (Å²) in [7, 11) is 1.95. The first-order chi connectivity index (χ1) is 9.56. The van der Waals surface area contributed by atoms with E-state index in [4.69, 9.17) is 0 Å². The predicted octanol–water partition coefficient (Wildman–Crippen LogP) is 2.45. The van der Waals surface area contributed by atoms with Crippen molar-refractivity contribution in [2.24, 2.45) is 7.05 Å². The van der Waals surface area contributed by atoms with Crippen LogP contribution in [0.5, 0.6) is 0 Å². The molecule has 0 aliphatic rings. The summed E-state index contributed by atoms with van der Waals surface area (Å²) < 4.78 is 4.56. The summed E-state index contributed by atoms with van der Waals surface area (Å²) in [5.41, 5.74) is 4.17. The number of nitrogens with one attached hydrogen (secondary N) is 1. The molecular weight excluding hydrogens is 320 g/mol. The molecule has 0 unspecified atom stereocenters. The molecular formula is C13H15BrN6. The maximum Gasteiger partial charge on any atom is 0.243 e. The summed E-state index contributed by atoms with van der Waals surface area (Å²) in [6.45, 7) is 4.74. The Morgan fingerprint density at radius 2 is 2.10 bits per heavy atom. The van der Waals surface area contributed by atoms with Gasteiger partial charge >= 0.3 is 0 Å². The highest BCUT2D eigenvalue weighted by atomic mass is 79.9. The molecule has 0 atom stereocenters. The van der Waals surface area contributed by atoms with Crippen LogP contribution in [-0.4, -0.2) is 24.4 Å². The van der Waals surface area contributed by atoms with Gasteiger partial charge in [0.05, 0.1) is 10.2 Å². The zero-order valence-electron chi connectivity index (χ0n) is 11.6. The van der Waals surface area contributed by atoms with Crippen LogP contribution in [-0.2, 0) is 13.6 Å². The van der Waals surface area contributed by atoms with Crippen LogP contribution >= 0.6 is 15.9 Å². The van der Waals surface area contributed by atoms with Crippen LogP contribution in [0.1, 0.15) is 17.0 Å². The second kappa shape index (κ2) is 4.90. The van der Waals surface area contributed by atoms with Gasteiger partial charge in [0.15, 0.2) is 5.65 Å².